The average Bonchev–Trinajstić information content (AvgIpc) is 3.16. The number of aromatic nitrogens is 3. The van der Waals surface area contributed by atoms with Crippen LogP contribution < -0.4 is 10.1 Å². The topological polar surface area (TPSA) is 92.8 Å². The van der Waals surface area contributed by atoms with Crippen LogP contribution in [0.25, 0.3) is 0 Å². The predicted molar refractivity (Wildman–Crippen MR) is 95.7 cm³/mol. The number of rotatable bonds is 6. The molecular formula is C19H17N5O2. The van der Waals surface area contributed by atoms with Gasteiger partial charge in [-0.25, -0.2) is 4.98 Å². The molecule has 0 unspecified atom stereocenters. The molecule has 0 fully saturated rings. The van der Waals surface area contributed by atoms with E-state index in [2.05, 4.69) is 15.4 Å². The molecule has 0 saturated heterocycles. The molecule has 3 rings (SSSR count). The molecule has 2 heterocycles. The Morgan fingerprint density at radius 3 is 2.92 bits per heavy atom. The summed E-state index contributed by atoms with van der Waals surface area (Å²) in [5.41, 5.74) is 1.93. The van der Waals surface area contributed by atoms with Crippen molar-refractivity contribution < 1.29 is 9.53 Å². The number of nitrogens with one attached hydrogen (secondary N) is 1. The van der Waals surface area contributed by atoms with Gasteiger partial charge in [-0.05, 0) is 48.9 Å². The molecule has 0 bridgehead atoms. The highest BCUT2D eigenvalue weighted by molar-refractivity contribution is 5.91. The normalized spacial score (nSPS) is 10.2. The molecule has 1 amide bonds. The van der Waals surface area contributed by atoms with Crippen LogP contribution in [0.3, 0.4) is 0 Å². The molecule has 1 aromatic carbocycles. The zero-order valence-electron chi connectivity index (χ0n) is 14.2. The number of nitriles is 1. The van der Waals surface area contributed by atoms with Gasteiger partial charge in [0.05, 0.1) is 0 Å². The minimum absolute atomic E-state index is 0.0891. The second-order valence-electron chi connectivity index (χ2n) is 5.61. The fourth-order valence-corrected chi connectivity index (χ4v) is 2.37. The highest BCUT2D eigenvalue weighted by Gasteiger charge is 2.09. The van der Waals surface area contributed by atoms with Gasteiger partial charge >= 0.3 is 0 Å². The fraction of sp³-hybridized carbons (Fsp3) is 0.158. The lowest BCUT2D eigenvalue weighted by Gasteiger charge is -2.11. The van der Waals surface area contributed by atoms with Crippen molar-refractivity contribution in [3.63, 3.8) is 0 Å². The van der Waals surface area contributed by atoms with Crippen molar-refractivity contribution in [3.05, 3.63) is 66.1 Å². The van der Waals surface area contributed by atoms with Crippen LogP contribution in [-0.2, 0) is 11.3 Å². The molecular weight excluding hydrogens is 330 g/mol. The Kier molecular flexibility index (Phi) is 5.25. The van der Waals surface area contributed by atoms with Crippen molar-refractivity contribution in [1.82, 2.24) is 14.8 Å². The Bertz CT molecular complexity index is 945. The number of anilines is 1. The number of aryl methyl sites for hydroxylation is 2. The summed E-state index contributed by atoms with van der Waals surface area (Å²) in [6, 6.07) is 12.5. The van der Waals surface area contributed by atoms with E-state index in [1.807, 2.05) is 25.3 Å². The van der Waals surface area contributed by atoms with Crippen molar-refractivity contribution in [3.8, 4) is 17.7 Å². The molecule has 3 aromatic rings. The predicted octanol–water partition coefficient (Wildman–Crippen LogP) is 3.28. The van der Waals surface area contributed by atoms with Gasteiger partial charge in [0.25, 0.3) is 0 Å². The molecule has 0 saturated carbocycles. The average molecular weight is 347 g/mol. The van der Waals surface area contributed by atoms with Crippen molar-refractivity contribution in [2.75, 3.05) is 5.32 Å². The van der Waals surface area contributed by atoms with E-state index in [-0.39, 0.29) is 11.8 Å². The van der Waals surface area contributed by atoms with E-state index in [9.17, 15) is 4.79 Å². The van der Waals surface area contributed by atoms with Crippen LogP contribution in [0.4, 0.5) is 5.69 Å². The Labute approximate surface area is 150 Å². The lowest BCUT2D eigenvalue weighted by molar-refractivity contribution is -0.116. The Morgan fingerprint density at radius 2 is 2.19 bits per heavy atom. The molecule has 2 aromatic heterocycles. The Balaban J connectivity index is 1.64. The number of amides is 1. The quantitative estimate of drug-likeness (QED) is 0.738. The molecule has 0 aliphatic carbocycles. The number of ether oxygens (including phenoxy) is 1. The maximum absolute atomic E-state index is 12.1. The summed E-state index contributed by atoms with van der Waals surface area (Å²) in [7, 11) is 0. The van der Waals surface area contributed by atoms with Crippen LogP contribution in [0.5, 0.6) is 11.6 Å². The van der Waals surface area contributed by atoms with Crippen molar-refractivity contribution in [2.45, 2.75) is 19.9 Å². The minimum atomic E-state index is -0.0891. The van der Waals surface area contributed by atoms with Crippen LogP contribution in [0, 0.1) is 18.3 Å². The second kappa shape index (κ2) is 7.94. The number of hydrogen-bond donors (Lipinski definition) is 1. The molecule has 7 nitrogen and oxygen atoms in total. The van der Waals surface area contributed by atoms with Crippen molar-refractivity contribution in [2.24, 2.45) is 0 Å². The number of carbonyl (C=O) groups is 1. The first-order chi connectivity index (χ1) is 12.7. The maximum atomic E-state index is 12.1. The Hall–Kier alpha value is -3.66. The lowest BCUT2D eigenvalue weighted by atomic mass is 10.2. The lowest BCUT2D eigenvalue weighted by Crippen LogP contribution is -2.15. The van der Waals surface area contributed by atoms with E-state index in [0.29, 0.717) is 30.0 Å². The number of hydrogen-bond acceptors (Lipinski definition) is 5. The number of carbonyl (C=O) groups excluding carboxylic acids is 1. The van der Waals surface area contributed by atoms with Crippen LogP contribution in [0.15, 0.2) is 55.0 Å². The van der Waals surface area contributed by atoms with E-state index in [0.717, 1.165) is 5.56 Å². The third-order valence-electron chi connectivity index (χ3n) is 3.71. The molecule has 0 spiro atoms. The molecule has 26 heavy (non-hydrogen) atoms. The third-order valence-corrected chi connectivity index (χ3v) is 3.71. The zero-order chi connectivity index (χ0) is 18.4. The van der Waals surface area contributed by atoms with E-state index >= 15 is 0 Å². The van der Waals surface area contributed by atoms with E-state index in [4.69, 9.17) is 10.00 Å². The van der Waals surface area contributed by atoms with Gasteiger partial charge in [0.2, 0.25) is 11.8 Å². The summed E-state index contributed by atoms with van der Waals surface area (Å²) in [5, 5.41) is 16.0. The highest BCUT2D eigenvalue weighted by atomic mass is 16.5. The zero-order valence-corrected chi connectivity index (χ0v) is 14.2. The van der Waals surface area contributed by atoms with Gasteiger partial charge < -0.3 is 10.1 Å². The maximum Gasteiger partial charge on any atom is 0.237 e. The molecule has 0 aliphatic heterocycles. The highest BCUT2D eigenvalue weighted by Crippen LogP contribution is 2.26. The first-order valence-electron chi connectivity index (χ1n) is 8.06. The van der Waals surface area contributed by atoms with Crippen LogP contribution in [-0.4, -0.2) is 20.7 Å². The van der Waals surface area contributed by atoms with E-state index in [1.54, 1.807) is 47.4 Å². The van der Waals surface area contributed by atoms with Crippen LogP contribution >= 0.6 is 0 Å². The standard InChI is InChI=1S/C19H17N5O2/c1-14-12-16(26-19-15(13-20)4-2-8-21-19)5-6-17(14)23-18(25)7-11-24-10-3-9-22-24/h2-6,8-10,12H,7,11H2,1H3,(H,23,25). The summed E-state index contributed by atoms with van der Waals surface area (Å²) in [4.78, 5) is 16.2. The summed E-state index contributed by atoms with van der Waals surface area (Å²) in [5.74, 6) is 0.714. The van der Waals surface area contributed by atoms with Gasteiger partial charge in [0.15, 0.2) is 0 Å². The van der Waals surface area contributed by atoms with Gasteiger partial charge in [0, 0.05) is 37.2 Å². The molecule has 7 heteroatoms. The van der Waals surface area contributed by atoms with Crippen molar-refractivity contribution >= 4 is 11.6 Å². The molecule has 0 radical (unpaired) electrons. The summed E-state index contributed by atoms with van der Waals surface area (Å²) < 4.78 is 7.39. The van der Waals surface area contributed by atoms with E-state index in [1.165, 1.54) is 0 Å². The first kappa shape index (κ1) is 17.2. The number of pyridine rings is 1. The molecule has 1 N–H and O–H groups in total. The van der Waals surface area contributed by atoms with Gasteiger partial charge in [0.1, 0.15) is 17.4 Å². The van der Waals surface area contributed by atoms with E-state index < -0.39 is 0 Å². The van der Waals surface area contributed by atoms with Gasteiger partial charge in [-0.2, -0.15) is 10.4 Å². The monoisotopic (exact) mass is 347 g/mol. The van der Waals surface area contributed by atoms with Crippen LogP contribution in [0.2, 0.25) is 0 Å². The SMILES string of the molecule is Cc1cc(Oc2ncccc2C#N)ccc1NC(=O)CCn1cccn1. The second-order valence-corrected chi connectivity index (χ2v) is 5.61. The van der Waals surface area contributed by atoms with Crippen LogP contribution in [0.1, 0.15) is 17.5 Å². The molecule has 0 atom stereocenters. The smallest absolute Gasteiger partial charge is 0.237 e. The molecule has 0 aliphatic rings. The fourth-order valence-electron chi connectivity index (χ4n) is 2.37. The summed E-state index contributed by atoms with van der Waals surface area (Å²) in [6.07, 6.45) is 5.40. The van der Waals surface area contributed by atoms with Gasteiger partial charge in [-0.3, -0.25) is 9.48 Å². The number of benzene rings is 1. The van der Waals surface area contributed by atoms with Crippen molar-refractivity contribution in [1.29, 1.82) is 5.26 Å². The minimum Gasteiger partial charge on any atom is -0.438 e. The number of nitrogens with zero attached hydrogens (tertiary/aromatic N) is 4. The van der Waals surface area contributed by atoms with Gasteiger partial charge in [-0.1, -0.05) is 0 Å². The third kappa shape index (κ3) is 4.24. The largest absolute Gasteiger partial charge is 0.438 e. The Morgan fingerprint density at radius 1 is 1.31 bits per heavy atom. The molecule has 130 valence electrons. The summed E-state index contributed by atoms with van der Waals surface area (Å²) in [6.45, 7) is 2.40. The summed E-state index contributed by atoms with van der Waals surface area (Å²) >= 11 is 0. The first-order valence-corrected chi connectivity index (χ1v) is 8.06. The van der Waals surface area contributed by atoms with Gasteiger partial charge in [-0.15, -0.1) is 0 Å².